The van der Waals surface area contributed by atoms with Crippen LogP contribution in [0, 0.1) is 6.92 Å². The minimum Gasteiger partial charge on any atom is -0.315 e. The van der Waals surface area contributed by atoms with Gasteiger partial charge in [-0.1, -0.05) is 19.4 Å². The first kappa shape index (κ1) is 14.1. The highest BCUT2D eigenvalue weighted by molar-refractivity contribution is 5.09. The molecule has 0 fully saturated rings. The Bertz CT molecular complexity index is 312. The molecule has 1 rings (SSSR count). The van der Waals surface area contributed by atoms with Crippen molar-refractivity contribution in [2.75, 3.05) is 26.7 Å². The molecule has 0 aliphatic heterocycles. The predicted octanol–water partition coefficient (Wildman–Crippen LogP) is 2.21. The molecule has 1 N–H and O–H groups in total. The largest absolute Gasteiger partial charge is 0.315 e. The molecular weight excluding hydrogens is 210 g/mol. The van der Waals surface area contributed by atoms with Gasteiger partial charge in [0, 0.05) is 25.3 Å². The lowest BCUT2D eigenvalue weighted by atomic mass is 10.3. The maximum absolute atomic E-state index is 4.51. The number of pyridine rings is 1. The van der Waals surface area contributed by atoms with Crippen molar-refractivity contribution in [1.82, 2.24) is 15.2 Å². The number of nitrogens with zero attached hydrogens (tertiary/aromatic N) is 2. The summed E-state index contributed by atoms with van der Waals surface area (Å²) in [7, 11) is 2.14. The Balaban J connectivity index is 2.18. The Morgan fingerprint density at radius 2 is 2.12 bits per heavy atom. The monoisotopic (exact) mass is 235 g/mol. The Labute approximate surface area is 105 Å². The van der Waals surface area contributed by atoms with E-state index in [4.69, 9.17) is 0 Å². The average molecular weight is 235 g/mol. The summed E-state index contributed by atoms with van der Waals surface area (Å²) in [4.78, 5) is 6.82. The Kier molecular flexibility index (Phi) is 6.82. The van der Waals surface area contributed by atoms with Gasteiger partial charge in [0.15, 0.2) is 0 Å². The molecule has 3 heteroatoms. The van der Waals surface area contributed by atoms with Crippen LogP contribution in [0.1, 0.15) is 31.2 Å². The highest BCUT2D eigenvalue weighted by atomic mass is 15.1. The summed E-state index contributed by atoms with van der Waals surface area (Å²) in [5, 5.41) is 3.45. The number of aromatic nitrogens is 1. The van der Waals surface area contributed by atoms with Gasteiger partial charge in [-0.3, -0.25) is 9.88 Å². The standard InChI is InChI=1S/C14H25N3/c1-4-5-9-15-10-11-17(3)12-14-8-6-7-13(2)16-14/h6-8,15H,4-5,9-12H2,1-3H3. The van der Waals surface area contributed by atoms with E-state index >= 15 is 0 Å². The maximum atomic E-state index is 4.51. The molecule has 0 spiro atoms. The van der Waals surface area contributed by atoms with Crippen LogP contribution < -0.4 is 5.32 Å². The second kappa shape index (κ2) is 8.20. The highest BCUT2D eigenvalue weighted by Gasteiger charge is 2.01. The fourth-order valence-corrected chi connectivity index (χ4v) is 1.74. The van der Waals surface area contributed by atoms with Gasteiger partial charge in [-0.15, -0.1) is 0 Å². The molecule has 1 heterocycles. The van der Waals surface area contributed by atoms with E-state index in [2.05, 4.69) is 41.3 Å². The van der Waals surface area contributed by atoms with Crippen LogP contribution in [0.5, 0.6) is 0 Å². The van der Waals surface area contributed by atoms with Gasteiger partial charge in [-0.05, 0) is 39.1 Å². The minimum absolute atomic E-state index is 0.928. The zero-order valence-electron chi connectivity index (χ0n) is 11.4. The first-order valence-electron chi connectivity index (χ1n) is 6.54. The summed E-state index contributed by atoms with van der Waals surface area (Å²) in [5.41, 5.74) is 2.25. The molecule has 0 atom stereocenters. The molecular formula is C14H25N3. The molecule has 0 saturated heterocycles. The topological polar surface area (TPSA) is 28.2 Å². The number of hydrogen-bond acceptors (Lipinski definition) is 3. The van der Waals surface area contributed by atoms with Gasteiger partial charge in [0.25, 0.3) is 0 Å². The number of nitrogens with one attached hydrogen (secondary N) is 1. The normalized spacial score (nSPS) is 11.1. The third kappa shape index (κ3) is 6.39. The molecule has 3 nitrogen and oxygen atoms in total. The summed E-state index contributed by atoms with van der Waals surface area (Å²) in [6, 6.07) is 6.20. The molecule has 17 heavy (non-hydrogen) atoms. The van der Waals surface area contributed by atoms with Gasteiger partial charge in [-0.25, -0.2) is 0 Å². The van der Waals surface area contributed by atoms with Gasteiger partial charge in [0.2, 0.25) is 0 Å². The summed E-state index contributed by atoms with van der Waals surface area (Å²) >= 11 is 0. The zero-order valence-corrected chi connectivity index (χ0v) is 11.4. The second-order valence-electron chi connectivity index (χ2n) is 4.61. The van der Waals surface area contributed by atoms with Crippen LogP contribution >= 0.6 is 0 Å². The van der Waals surface area contributed by atoms with Crippen molar-refractivity contribution in [2.45, 2.75) is 33.2 Å². The van der Waals surface area contributed by atoms with E-state index in [0.29, 0.717) is 0 Å². The number of aryl methyl sites for hydroxylation is 1. The van der Waals surface area contributed by atoms with Gasteiger partial charge in [0.1, 0.15) is 0 Å². The number of likely N-dealkylation sites (N-methyl/N-ethyl adjacent to an activating group) is 1. The Hall–Kier alpha value is -0.930. The maximum Gasteiger partial charge on any atom is 0.0547 e. The molecule has 0 saturated carbocycles. The van der Waals surface area contributed by atoms with Crippen molar-refractivity contribution in [3.8, 4) is 0 Å². The molecule has 0 bridgehead atoms. The van der Waals surface area contributed by atoms with E-state index in [-0.39, 0.29) is 0 Å². The van der Waals surface area contributed by atoms with Gasteiger partial charge in [0.05, 0.1) is 5.69 Å². The van der Waals surface area contributed by atoms with Crippen molar-refractivity contribution < 1.29 is 0 Å². The van der Waals surface area contributed by atoms with Crippen molar-refractivity contribution in [3.05, 3.63) is 29.6 Å². The van der Waals surface area contributed by atoms with E-state index in [0.717, 1.165) is 37.6 Å². The fraction of sp³-hybridized carbons (Fsp3) is 0.643. The van der Waals surface area contributed by atoms with Crippen LogP contribution in [0.3, 0.4) is 0 Å². The fourth-order valence-electron chi connectivity index (χ4n) is 1.74. The van der Waals surface area contributed by atoms with Crippen LogP contribution in [0.2, 0.25) is 0 Å². The molecule has 1 aromatic rings. The van der Waals surface area contributed by atoms with Crippen molar-refractivity contribution in [1.29, 1.82) is 0 Å². The molecule has 0 radical (unpaired) electrons. The molecule has 1 aromatic heterocycles. The third-order valence-electron chi connectivity index (χ3n) is 2.76. The number of hydrogen-bond donors (Lipinski definition) is 1. The average Bonchev–Trinajstić information content (AvgIpc) is 2.29. The SMILES string of the molecule is CCCCNCCN(C)Cc1cccc(C)n1. The van der Waals surface area contributed by atoms with Gasteiger partial charge in [-0.2, -0.15) is 0 Å². The van der Waals surface area contributed by atoms with Crippen molar-refractivity contribution >= 4 is 0 Å². The smallest absolute Gasteiger partial charge is 0.0547 e. The van der Waals surface area contributed by atoms with E-state index in [1.807, 2.05) is 13.0 Å². The van der Waals surface area contributed by atoms with Crippen molar-refractivity contribution in [2.24, 2.45) is 0 Å². The van der Waals surface area contributed by atoms with Crippen LogP contribution in [-0.2, 0) is 6.54 Å². The molecule has 0 unspecified atom stereocenters. The summed E-state index contributed by atoms with van der Waals surface area (Å²) in [5.74, 6) is 0. The zero-order chi connectivity index (χ0) is 12.5. The first-order valence-corrected chi connectivity index (χ1v) is 6.54. The van der Waals surface area contributed by atoms with Crippen LogP contribution in [-0.4, -0.2) is 36.6 Å². The summed E-state index contributed by atoms with van der Waals surface area (Å²) < 4.78 is 0. The minimum atomic E-state index is 0.928. The van der Waals surface area contributed by atoms with Gasteiger partial charge < -0.3 is 5.32 Å². The lowest BCUT2D eigenvalue weighted by molar-refractivity contribution is 0.320. The molecule has 96 valence electrons. The lowest BCUT2D eigenvalue weighted by Crippen LogP contribution is -2.29. The number of unbranched alkanes of at least 4 members (excludes halogenated alkanes) is 1. The Morgan fingerprint density at radius 3 is 2.82 bits per heavy atom. The third-order valence-corrected chi connectivity index (χ3v) is 2.76. The van der Waals surface area contributed by atoms with Crippen LogP contribution in [0.15, 0.2) is 18.2 Å². The quantitative estimate of drug-likeness (QED) is 0.700. The van der Waals surface area contributed by atoms with E-state index in [9.17, 15) is 0 Å². The Morgan fingerprint density at radius 1 is 1.29 bits per heavy atom. The summed E-state index contributed by atoms with van der Waals surface area (Å²) in [6.07, 6.45) is 2.53. The second-order valence-corrected chi connectivity index (χ2v) is 4.61. The number of rotatable bonds is 8. The van der Waals surface area contributed by atoms with Crippen LogP contribution in [0.4, 0.5) is 0 Å². The van der Waals surface area contributed by atoms with E-state index < -0.39 is 0 Å². The predicted molar refractivity (Wildman–Crippen MR) is 73.1 cm³/mol. The van der Waals surface area contributed by atoms with Crippen LogP contribution in [0.25, 0.3) is 0 Å². The lowest BCUT2D eigenvalue weighted by Gasteiger charge is -2.16. The van der Waals surface area contributed by atoms with E-state index in [1.54, 1.807) is 0 Å². The molecule has 0 aromatic carbocycles. The molecule has 0 amide bonds. The first-order chi connectivity index (χ1) is 8.22. The van der Waals surface area contributed by atoms with Crippen molar-refractivity contribution in [3.63, 3.8) is 0 Å². The highest BCUT2D eigenvalue weighted by Crippen LogP contribution is 2.01. The van der Waals surface area contributed by atoms with Gasteiger partial charge >= 0.3 is 0 Å². The molecule has 0 aliphatic rings. The van der Waals surface area contributed by atoms with E-state index in [1.165, 1.54) is 12.8 Å². The summed E-state index contributed by atoms with van der Waals surface area (Å²) in [6.45, 7) is 8.44. The molecule has 0 aliphatic carbocycles.